The SMILES string of the molecule is CCN(CCO)C(=O)C(N)CCCOC. The summed E-state index contributed by atoms with van der Waals surface area (Å²) in [5.74, 6) is -0.0948. The zero-order valence-electron chi connectivity index (χ0n) is 9.61. The lowest BCUT2D eigenvalue weighted by molar-refractivity contribution is -0.133. The molecule has 1 amide bonds. The minimum Gasteiger partial charge on any atom is -0.395 e. The van der Waals surface area contributed by atoms with E-state index in [2.05, 4.69) is 0 Å². The smallest absolute Gasteiger partial charge is 0.239 e. The molecule has 5 nitrogen and oxygen atoms in total. The van der Waals surface area contributed by atoms with E-state index in [1.165, 1.54) is 0 Å². The molecule has 0 aromatic carbocycles. The Labute approximate surface area is 91.2 Å². The molecule has 0 aromatic heterocycles. The molecule has 0 bridgehead atoms. The third-order valence-electron chi connectivity index (χ3n) is 2.24. The fourth-order valence-electron chi connectivity index (χ4n) is 1.35. The Morgan fingerprint density at radius 1 is 1.60 bits per heavy atom. The number of nitrogens with two attached hydrogens (primary N) is 1. The van der Waals surface area contributed by atoms with Crippen LogP contribution in [0.4, 0.5) is 0 Å². The zero-order chi connectivity index (χ0) is 11.7. The number of methoxy groups -OCH3 is 1. The molecule has 90 valence electrons. The fourth-order valence-corrected chi connectivity index (χ4v) is 1.35. The van der Waals surface area contributed by atoms with Crippen molar-refractivity contribution in [3.8, 4) is 0 Å². The van der Waals surface area contributed by atoms with Crippen LogP contribution in [0.15, 0.2) is 0 Å². The van der Waals surface area contributed by atoms with E-state index >= 15 is 0 Å². The van der Waals surface area contributed by atoms with Gasteiger partial charge in [0.1, 0.15) is 0 Å². The molecule has 5 heteroatoms. The Hall–Kier alpha value is -0.650. The predicted molar refractivity (Wildman–Crippen MR) is 58.4 cm³/mol. The maximum absolute atomic E-state index is 11.7. The number of hydrogen-bond donors (Lipinski definition) is 2. The van der Waals surface area contributed by atoms with Crippen LogP contribution in [-0.2, 0) is 9.53 Å². The van der Waals surface area contributed by atoms with Crippen LogP contribution in [0, 0.1) is 0 Å². The second-order valence-electron chi connectivity index (χ2n) is 3.38. The highest BCUT2D eigenvalue weighted by Gasteiger charge is 2.18. The van der Waals surface area contributed by atoms with E-state index in [-0.39, 0.29) is 12.5 Å². The van der Waals surface area contributed by atoms with Gasteiger partial charge in [-0.3, -0.25) is 4.79 Å². The van der Waals surface area contributed by atoms with Crippen LogP contribution < -0.4 is 5.73 Å². The Morgan fingerprint density at radius 2 is 2.27 bits per heavy atom. The lowest BCUT2D eigenvalue weighted by atomic mass is 10.1. The first kappa shape index (κ1) is 14.3. The van der Waals surface area contributed by atoms with Crippen molar-refractivity contribution >= 4 is 5.91 Å². The van der Waals surface area contributed by atoms with E-state index in [1.54, 1.807) is 12.0 Å². The molecule has 0 radical (unpaired) electrons. The molecule has 0 heterocycles. The third-order valence-corrected chi connectivity index (χ3v) is 2.24. The van der Waals surface area contributed by atoms with Gasteiger partial charge in [0, 0.05) is 26.8 Å². The summed E-state index contributed by atoms with van der Waals surface area (Å²) in [5, 5.41) is 8.76. The number of carbonyl (C=O) groups is 1. The van der Waals surface area contributed by atoms with Crippen LogP contribution in [0.1, 0.15) is 19.8 Å². The maximum Gasteiger partial charge on any atom is 0.239 e. The average molecular weight is 218 g/mol. The third kappa shape index (κ3) is 5.71. The van der Waals surface area contributed by atoms with Crippen molar-refractivity contribution in [3.63, 3.8) is 0 Å². The van der Waals surface area contributed by atoms with E-state index in [0.29, 0.717) is 26.1 Å². The summed E-state index contributed by atoms with van der Waals surface area (Å²) >= 11 is 0. The van der Waals surface area contributed by atoms with Crippen molar-refractivity contribution in [2.75, 3.05) is 33.4 Å². The van der Waals surface area contributed by atoms with Crippen molar-refractivity contribution in [1.82, 2.24) is 4.90 Å². The van der Waals surface area contributed by atoms with Gasteiger partial charge in [-0.05, 0) is 19.8 Å². The summed E-state index contributed by atoms with van der Waals surface area (Å²) < 4.78 is 4.89. The number of aliphatic hydroxyl groups excluding tert-OH is 1. The van der Waals surface area contributed by atoms with Crippen LogP contribution in [-0.4, -0.2) is 55.4 Å². The summed E-state index contributed by atoms with van der Waals surface area (Å²) in [6.45, 7) is 3.40. The quantitative estimate of drug-likeness (QED) is 0.543. The molecule has 0 aliphatic carbocycles. The van der Waals surface area contributed by atoms with Gasteiger partial charge in [0.2, 0.25) is 5.91 Å². The zero-order valence-corrected chi connectivity index (χ0v) is 9.61. The molecule has 0 rings (SSSR count). The van der Waals surface area contributed by atoms with Gasteiger partial charge in [-0.25, -0.2) is 0 Å². The monoisotopic (exact) mass is 218 g/mol. The molecule has 0 spiro atoms. The second kappa shape index (κ2) is 8.64. The van der Waals surface area contributed by atoms with Gasteiger partial charge in [-0.15, -0.1) is 0 Å². The van der Waals surface area contributed by atoms with Crippen LogP contribution in [0.5, 0.6) is 0 Å². The van der Waals surface area contributed by atoms with Crippen molar-refractivity contribution in [3.05, 3.63) is 0 Å². The molecular weight excluding hydrogens is 196 g/mol. The molecule has 1 unspecified atom stereocenters. The highest BCUT2D eigenvalue weighted by atomic mass is 16.5. The average Bonchev–Trinajstić information content (AvgIpc) is 2.25. The highest BCUT2D eigenvalue weighted by molar-refractivity contribution is 5.81. The van der Waals surface area contributed by atoms with E-state index < -0.39 is 6.04 Å². The van der Waals surface area contributed by atoms with Gasteiger partial charge in [0.15, 0.2) is 0 Å². The number of ether oxygens (including phenoxy) is 1. The Balaban J connectivity index is 3.93. The molecule has 0 saturated heterocycles. The minimum atomic E-state index is -0.480. The summed E-state index contributed by atoms with van der Waals surface area (Å²) in [5.41, 5.74) is 5.74. The van der Waals surface area contributed by atoms with Crippen LogP contribution >= 0.6 is 0 Å². The van der Waals surface area contributed by atoms with Gasteiger partial charge >= 0.3 is 0 Å². The molecular formula is C10H22N2O3. The van der Waals surface area contributed by atoms with Gasteiger partial charge in [0.05, 0.1) is 12.6 Å². The van der Waals surface area contributed by atoms with Gasteiger partial charge in [0.25, 0.3) is 0 Å². The fraction of sp³-hybridized carbons (Fsp3) is 0.900. The molecule has 1 atom stereocenters. The number of likely N-dealkylation sites (N-methyl/N-ethyl adjacent to an activating group) is 1. The van der Waals surface area contributed by atoms with E-state index in [1.807, 2.05) is 6.92 Å². The molecule has 0 aliphatic rings. The summed E-state index contributed by atoms with van der Waals surface area (Å²) in [6.07, 6.45) is 1.40. The lowest BCUT2D eigenvalue weighted by Crippen LogP contribution is -2.44. The van der Waals surface area contributed by atoms with Crippen LogP contribution in [0.3, 0.4) is 0 Å². The van der Waals surface area contributed by atoms with Gasteiger partial charge in [-0.1, -0.05) is 0 Å². The predicted octanol–water partition coefficient (Wildman–Crippen LogP) is -0.419. The highest BCUT2D eigenvalue weighted by Crippen LogP contribution is 2.00. The summed E-state index contributed by atoms with van der Waals surface area (Å²) in [6, 6.07) is -0.480. The lowest BCUT2D eigenvalue weighted by Gasteiger charge is -2.23. The molecule has 0 aliphatic heterocycles. The van der Waals surface area contributed by atoms with Crippen molar-refractivity contribution in [2.45, 2.75) is 25.8 Å². The Kier molecular flexibility index (Phi) is 8.27. The first-order valence-corrected chi connectivity index (χ1v) is 5.31. The number of rotatable bonds is 8. The van der Waals surface area contributed by atoms with Gasteiger partial charge < -0.3 is 20.5 Å². The number of aliphatic hydroxyl groups is 1. The van der Waals surface area contributed by atoms with Crippen LogP contribution in [0.25, 0.3) is 0 Å². The molecule has 0 fully saturated rings. The number of hydrogen-bond acceptors (Lipinski definition) is 4. The first-order valence-electron chi connectivity index (χ1n) is 5.31. The maximum atomic E-state index is 11.7. The van der Waals surface area contributed by atoms with E-state index in [4.69, 9.17) is 15.6 Å². The first-order chi connectivity index (χ1) is 7.17. The van der Waals surface area contributed by atoms with Crippen molar-refractivity contribution in [2.24, 2.45) is 5.73 Å². The number of nitrogens with zero attached hydrogens (tertiary/aromatic N) is 1. The topological polar surface area (TPSA) is 75.8 Å². The molecule has 0 aromatic rings. The van der Waals surface area contributed by atoms with E-state index in [9.17, 15) is 4.79 Å². The number of carbonyl (C=O) groups excluding carboxylic acids is 1. The van der Waals surface area contributed by atoms with E-state index in [0.717, 1.165) is 6.42 Å². The largest absolute Gasteiger partial charge is 0.395 e. The normalized spacial score (nSPS) is 12.5. The van der Waals surface area contributed by atoms with Gasteiger partial charge in [-0.2, -0.15) is 0 Å². The standard InChI is InChI=1S/C10H22N2O3/c1-3-12(6-7-13)10(14)9(11)5-4-8-15-2/h9,13H,3-8,11H2,1-2H3. The Bertz CT molecular complexity index is 176. The van der Waals surface area contributed by atoms with Crippen molar-refractivity contribution < 1.29 is 14.6 Å². The van der Waals surface area contributed by atoms with Crippen molar-refractivity contribution in [1.29, 1.82) is 0 Å². The molecule has 0 saturated carbocycles. The molecule has 15 heavy (non-hydrogen) atoms. The minimum absolute atomic E-state index is 0.0234. The summed E-state index contributed by atoms with van der Waals surface area (Å²) in [7, 11) is 1.62. The second-order valence-corrected chi connectivity index (χ2v) is 3.38. The number of amides is 1. The Morgan fingerprint density at radius 3 is 2.73 bits per heavy atom. The van der Waals surface area contributed by atoms with Crippen LogP contribution in [0.2, 0.25) is 0 Å². The molecule has 3 N–H and O–H groups in total. The summed E-state index contributed by atoms with van der Waals surface area (Å²) in [4.78, 5) is 13.3.